The Labute approximate surface area is 189 Å². The summed E-state index contributed by atoms with van der Waals surface area (Å²) in [6.45, 7) is 6.39. The molecule has 0 N–H and O–H groups in total. The molecule has 2 heterocycles. The second-order valence-electron chi connectivity index (χ2n) is 8.64. The van der Waals surface area contributed by atoms with Crippen LogP contribution in [0.1, 0.15) is 38.7 Å². The molecule has 0 aromatic heterocycles. The summed E-state index contributed by atoms with van der Waals surface area (Å²) in [4.78, 5) is 30.5. The van der Waals surface area contributed by atoms with Crippen LogP contribution in [0.15, 0.2) is 54.2 Å². The predicted octanol–water partition coefficient (Wildman–Crippen LogP) is 4.50. The SMILES string of the molecule is COc1ccc(N2C(=O)C(c3ccc(OCC(C)C)cc3)=C(N3CCCCC3)C2=O)cc1. The van der Waals surface area contributed by atoms with Crippen molar-refractivity contribution in [1.29, 1.82) is 0 Å². The van der Waals surface area contributed by atoms with Crippen molar-refractivity contribution in [3.05, 3.63) is 59.8 Å². The largest absolute Gasteiger partial charge is 0.497 e. The molecular weight excluding hydrogens is 404 g/mol. The molecule has 2 aliphatic rings. The van der Waals surface area contributed by atoms with Crippen molar-refractivity contribution >= 4 is 23.1 Å². The van der Waals surface area contributed by atoms with Gasteiger partial charge in [-0.3, -0.25) is 9.59 Å². The molecule has 0 spiro atoms. The van der Waals surface area contributed by atoms with Crippen molar-refractivity contribution < 1.29 is 19.1 Å². The highest BCUT2D eigenvalue weighted by Gasteiger charge is 2.42. The number of likely N-dealkylation sites (tertiary alicyclic amines) is 1. The van der Waals surface area contributed by atoms with Crippen molar-refractivity contribution in [2.45, 2.75) is 33.1 Å². The number of methoxy groups -OCH3 is 1. The quantitative estimate of drug-likeness (QED) is 0.601. The monoisotopic (exact) mass is 434 g/mol. The van der Waals surface area contributed by atoms with E-state index in [4.69, 9.17) is 9.47 Å². The van der Waals surface area contributed by atoms with Crippen LogP contribution in [0.5, 0.6) is 11.5 Å². The third kappa shape index (κ3) is 4.35. The van der Waals surface area contributed by atoms with Crippen LogP contribution in [-0.2, 0) is 9.59 Å². The summed E-state index contributed by atoms with van der Waals surface area (Å²) in [6, 6.07) is 14.5. The van der Waals surface area contributed by atoms with Crippen molar-refractivity contribution in [3.8, 4) is 11.5 Å². The molecule has 2 aromatic carbocycles. The molecule has 32 heavy (non-hydrogen) atoms. The summed E-state index contributed by atoms with van der Waals surface area (Å²) in [5.74, 6) is 1.30. The van der Waals surface area contributed by atoms with Crippen LogP contribution in [0, 0.1) is 5.92 Å². The predicted molar refractivity (Wildman–Crippen MR) is 125 cm³/mol. The molecule has 6 nitrogen and oxygen atoms in total. The van der Waals surface area contributed by atoms with Gasteiger partial charge in [0, 0.05) is 13.1 Å². The van der Waals surface area contributed by atoms with Gasteiger partial charge in [0.25, 0.3) is 11.8 Å². The molecule has 4 rings (SSSR count). The molecule has 0 unspecified atom stereocenters. The first-order valence-electron chi connectivity index (χ1n) is 11.2. The fraction of sp³-hybridized carbons (Fsp3) is 0.385. The summed E-state index contributed by atoms with van der Waals surface area (Å²) in [7, 11) is 1.59. The van der Waals surface area contributed by atoms with Gasteiger partial charge in [0.1, 0.15) is 17.2 Å². The van der Waals surface area contributed by atoms with Crippen LogP contribution in [0.2, 0.25) is 0 Å². The van der Waals surface area contributed by atoms with Crippen molar-refractivity contribution in [2.75, 3.05) is 31.7 Å². The van der Waals surface area contributed by atoms with E-state index in [-0.39, 0.29) is 11.8 Å². The maximum atomic E-state index is 13.6. The number of anilines is 1. The van der Waals surface area contributed by atoms with Gasteiger partial charge in [0.05, 0.1) is 25.0 Å². The van der Waals surface area contributed by atoms with Crippen LogP contribution in [0.3, 0.4) is 0 Å². The van der Waals surface area contributed by atoms with Crippen LogP contribution in [0.4, 0.5) is 5.69 Å². The number of hydrogen-bond acceptors (Lipinski definition) is 5. The molecule has 0 atom stereocenters. The van der Waals surface area contributed by atoms with Gasteiger partial charge < -0.3 is 14.4 Å². The molecule has 2 aliphatic heterocycles. The van der Waals surface area contributed by atoms with Gasteiger partial charge in [0.15, 0.2) is 0 Å². The number of carbonyl (C=O) groups excluding carboxylic acids is 2. The number of benzene rings is 2. The van der Waals surface area contributed by atoms with E-state index in [9.17, 15) is 9.59 Å². The summed E-state index contributed by atoms with van der Waals surface area (Å²) in [5, 5.41) is 0. The van der Waals surface area contributed by atoms with E-state index < -0.39 is 0 Å². The first kappa shape index (κ1) is 21.9. The average molecular weight is 435 g/mol. The highest BCUT2D eigenvalue weighted by atomic mass is 16.5. The van der Waals surface area contributed by atoms with E-state index in [2.05, 4.69) is 18.7 Å². The van der Waals surface area contributed by atoms with E-state index in [0.29, 0.717) is 35.2 Å². The van der Waals surface area contributed by atoms with Gasteiger partial charge in [-0.15, -0.1) is 0 Å². The number of piperidine rings is 1. The van der Waals surface area contributed by atoms with Gasteiger partial charge in [-0.05, 0) is 67.1 Å². The Kier molecular flexibility index (Phi) is 6.49. The van der Waals surface area contributed by atoms with Gasteiger partial charge in [0.2, 0.25) is 0 Å². The normalized spacial score (nSPS) is 16.9. The summed E-state index contributed by atoms with van der Waals surface area (Å²) < 4.78 is 11.0. The molecule has 1 fully saturated rings. The zero-order valence-electron chi connectivity index (χ0n) is 19.0. The topological polar surface area (TPSA) is 59.1 Å². The number of rotatable bonds is 7. The minimum absolute atomic E-state index is 0.266. The van der Waals surface area contributed by atoms with Crippen molar-refractivity contribution in [2.24, 2.45) is 5.92 Å². The molecule has 1 saturated heterocycles. The maximum Gasteiger partial charge on any atom is 0.282 e. The van der Waals surface area contributed by atoms with Crippen molar-refractivity contribution in [1.82, 2.24) is 4.90 Å². The minimum Gasteiger partial charge on any atom is -0.497 e. The van der Waals surface area contributed by atoms with Gasteiger partial charge in [-0.2, -0.15) is 0 Å². The number of ether oxygens (including phenoxy) is 2. The molecule has 6 heteroatoms. The van der Waals surface area contributed by atoms with E-state index in [1.165, 1.54) is 4.90 Å². The number of nitrogens with zero attached hydrogens (tertiary/aromatic N) is 2. The Morgan fingerprint density at radius 3 is 2.06 bits per heavy atom. The first-order chi connectivity index (χ1) is 15.5. The lowest BCUT2D eigenvalue weighted by Crippen LogP contribution is -2.37. The van der Waals surface area contributed by atoms with Crippen LogP contribution in [0.25, 0.3) is 5.57 Å². The Balaban J connectivity index is 1.70. The second-order valence-corrected chi connectivity index (χ2v) is 8.64. The number of carbonyl (C=O) groups is 2. The summed E-state index contributed by atoms with van der Waals surface area (Å²) in [6.07, 6.45) is 3.18. The van der Waals surface area contributed by atoms with E-state index in [1.54, 1.807) is 31.4 Å². The fourth-order valence-corrected chi connectivity index (χ4v) is 4.14. The second kappa shape index (κ2) is 9.47. The molecule has 2 aromatic rings. The molecule has 0 bridgehead atoms. The van der Waals surface area contributed by atoms with E-state index >= 15 is 0 Å². The van der Waals surface area contributed by atoms with Crippen LogP contribution >= 0.6 is 0 Å². The molecule has 2 amide bonds. The molecule has 0 saturated carbocycles. The molecule has 168 valence electrons. The maximum absolute atomic E-state index is 13.6. The van der Waals surface area contributed by atoms with Crippen molar-refractivity contribution in [3.63, 3.8) is 0 Å². The van der Waals surface area contributed by atoms with Gasteiger partial charge >= 0.3 is 0 Å². The smallest absolute Gasteiger partial charge is 0.282 e. The van der Waals surface area contributed by atoms with Crippen LogP contribution in [-0.4, -0.2) is 43.5 Å². The number of amides is 2. The van der Waals surface area contributed by atoms with Gasteiger partial charge in [-0.25, -0.2) is 4.90 Å². The third-order valence-electron chi connectivity index (χ3n) is 5.79. The van der Waals surface area contributed by atoms with Crippen LogP contribution < -0.4 is 14.4 Å². The summed E-state index contributed by atoms with van der Waals surface area (Å²) >= 11 is 0. The number of imide groups is 1. The molecule has 0 aliphatic carbocycles. The Morgan fingerprint density at radius 2 is 1.47 bits per heavy atom. The first-order valence-corrected chi connectivity index (χ1v) is 11.2. The zero-order chi connectivity index (χ0) is 22.7. The Bertz CT molecular complexity index is 1000. The van der Waals surface area contributed by atoms with E-state index in [0.717, 1.165) is 43.7 Å². The highest BCUT2D eigenvalue weighted by Crippen LogP contribution is 2.36. The van der Waals surface area contributed by atoms with Gasteiger partial charge in [-0.1, -0.05) is 26.0 Å². The Hall–Kier alpha value is -3.28. The zero-order valence-corrected chi connectivity index (χ0v) is 19.0. The minimum atomic E-state index is -0.295. The Morgan fingerprint density at radius 1 is 0.844 bits per heavy atom. The average Bonchev–Trinajstić information content (AvgIpc) is 3.08. The highest BCUT2D eigenvalue weighted by molar-refractivity contribution is 6.45. The molecular formula is C26H30N2O4. The standard InChI is InChI=1S/C26H30N2O4/c1-18(2)17-32-22-11-7-19(8-12-22)23-24(27-15-5-4-6-16-27)26(30)28(25(23)29)20-9-13-21(31-3)14-10-20/h7-14,18H,4-6,15-17H2,1-3H3. The lowest BCUT2D eigenvalue weighted by Gasteiger charge is -2.29. The third-order valence-corrected chi connectivity index (χ3v) is 5.79. The van der Waals surface area contributed by atoms with E-state index in [1.807, 2.05) is 24.3 Å². The summed E-state index contributed by atoms with van der Waals surface area (Å²) in [5.41, 5.74) is 2.24. The number of hydrogen-bond donors (Lipinski definition) is 0. The fourth-order valence-electron chi connectivity index (χ4n) is 4.14. The lowest BCUT2D eigenvalue weighted by molar-refractivity contribution is -0.120. The lowest BCUT2D eigenvalue weighted by atomic mass is 10.0. The molecule has 0 radical (unpaired) electrons.